The molecule has 0 spiro atoms. The number of aliphatic hydroxyl groups excluding tert-OH is 1. The number of rotatable bonds is 7. The third-order valence-electron chi connectivity index (χ3n) is 3.38. The summed E-state index contributed by atoms with van der Waals surface area (Å²) in [7, 11) is 0. The van der Waals surface area contributed by atoms with Crippen LogP contribution < -0.4 is 10.6 Å². The van der Waals surface area contributed by atoms with Crippen LogP contribution in [0.15, 0.2) is 6.07 Å². The molecule has 1 aliphatic carbocycles. The van der Waals surface area contributed by atoms with E-state index in [1.165, 1.54) is 12.8 Å². The van der Waals surface area contributed by atoms with E-state index in [9.17, 15) is 5.11 Å². The molecule has 0 bridgehead atoms. The second-order valence-corrected chi connectivity index (χ2v) is 5.48. The Balaban J connectivity index is 2.17. The molecule has 0 aromatic carbocycles. The summed E-state index contributed by atoms with van der Waals surface area (Å²) in [6.45, 7) is 7.17. The van der Waals surface area contributed by atoms with Gasteiger partial charge in [-0.05, 0) is 25.7 Å². The normalized spacial score (nSPS) is 16.5. The smallest absolute Gasteiger partial charge is 0.136 e. The van der Waals surface area contributed by atoms with E-state index >= 15 is 0 Å². The number of aliphatic hydroxyl groups is 1. The van der Waals surface area contributed by atoms with Crippen LogP contribution in [-0.4, -0.2) is 34.3 Å². The lowest BCUT2D eigenvalue weighted by molar-refractivity contribution is 0.249. The molecule has 1 fully saturated rings. The van der Waals surface area contributed by atoms with Crippen molar-refractivity contribution in [3.8, 4) is 0 Å². The second-order valence-electron chi connectivity index (χ2n) is 5.48. The summed E-state index contributed by atoms with van der Waals surface area (Å²) in [6, 6.07) is 1.94. The SMILES string of the molecule is CCNc1cc(N[C@H](CO)C(C)C)nc(C2CC2)n1. The van der Waals surface area contributed by atoms with Gasteiger partial charge in [0.15, 0.2) is 0 Å². The minimum absolute atomic E-state index is 0.0245. The van der Waals surface area contributed by atoms with E-state index < -0.39 is 0 Å². The predicted octanol–water partition coefficient (Wildman–Crippen LogP) is 2.21. The Morgan fingerprint density at radius 2 is 2.00 bits per heavy atom. The Hall–Kier alpha value is -1.36. The first-order chi connectivity index (χ1) is 9.13. The molecule has 1 atom stereocenters. The van der Waals surface area contributed by atoms with Gasteiger partial charge in [-0.2, -0.15) is 0 Å². The molecule has 5 nitrogen and oxygen atoms in total. The van der Waals surface area contributed by atoms with Gasteiger partial charge in [0.05, 0.1) is 12.6 Å². The van der Waals surface area contributed by atoms with Gasteiger partial charge in [-0.25, -0.2) is 9.97 Å². The summed E-state index contributed by atoms with van der Waals surface area (Å²) in [5.41, 5.74) is 0. The Morgan fingerprint density at radius 1 is 1.32 bits per heavy atom. The van der Waals surface area contributed by atoms with E-state index in [1.807, 2.05) is 6.07 Å². The highest BCUT2D eigenvalue weighted by Gasteiger charge is 2.27. The van der Waals surface area contributed by atoms with E-state index in [0.29, 0.717) is 11.8 Å². The first-order valence-corrected chi connectivity index (χ1v) is 7.14. The molecule has 3 N–H and O–H groups in total. The van der Waals surface area contributed by atoms with Gasteiger partial charge in [0.2, 0.25) is 0 Å². The first-order valence-electron chi connectivity index (χ1n) is 7.14. The van der Waals surface area contributed by atoms with Crippen molar-refractivity contribution >= 4 is 11.6 Å². The van der Waals surface area contributed by atoms with Gasteiger partial charge in [-0.15, -0.1) is 0 Å². The zero-order chi connectivity index (χ0) is 13.8. The maximum absolute atomic E-state index is 9.40. The van der Waals surface area contributed by atoms with E-state index in [-0.39, 0.29) is 12.6 Å². The van der Waals surface area contributed by atoms with Gasteiger partial charge in [0.1, 0.15) is 17.5 Å². The van der Waals surface area contributed by atoms with Gasteiger partial charge < -0.3 is 15.7 Å². The van der Waals surface area contributed by atoms with Crippen LogP contribution in [0.2, 0.25) is 0 Å². The summed E-state index contributed by atoms with van der Waals surface area (Å²) in [4.78, 5) is 9.11. The van der Waals surface area contributed by atoms with Crippen molar-refractivity contribution in [1.82, 2.24) is 9.97 Å². The Kier molecular flexibility index (Phi) is 4.58. The average molecular weight is 264 g/mol. The highest BCUT2D eigenvalue weighted by Crippen LogP contribution is 2.38. The minimum Gasteiger partial charge on any atom is -0.394 e. The Bertz CT molecular complexity index is 418. The third-order valence-corrected chi connectivity index (χ3v) is 3.38. The molecule has 0 saturated heterocycles. The lowest BCUT2D eigenvalue weighted by atomic mass is 10.1. The van der Waals surface area contributed by atoms with Gasteiger partial charge >= 0.3 is 0 Å². The molecule has 0 radical (unpaired) electrons. The number of hydrogen-bond donors (Lipinski definition) is 3. The van der Waals surface area contributed by atoms with Crippen LogP contribution in [0.25, 0.3) is 0 Å². The van der Waals surface area contributed by atoms with Crippen LogP contribution >= 0.6 is 0 Å². The summed E-state index contributed by atoms with van der Waals surface area (Å²) in [6.07, 6.45) is 2.37. The fourth-order valence-electron chi connectivity index (χ4n) is 1.95. The number of nitrogens with zero attached hydrogens (tertiary/aromatic N) is 2. The van der Waals surface area contributed by atoms with Crippen molar-refractivity contribution in [3.05, 3.63) is 11.9 Å². The van der Waals surface area contributed by atoms with Crippen LogP contribution in [-0.2, 0) is 0 Å². The van der Waals surface area contributed by atoms with Crippen molar-refractivity contribution in [2.75, 3.05) is 23.8 Å². The van der Waals surface area contributed by atoms with E-state index in [0.717, 1.165) is 24.0 Å². The molecule has 2 rings (SSSR count). The second kappa shape index (κ2) is 6.19. The number of anilines is 2. The molecular weight excluding hydrogens is 240 g/mol. The van der Waals surface area contributed by atoms with Gasteiger partial charge in [-0.1, -0.05) is 13.8 Å². The topological polar surface area (TPSA) is 70.1 Å². The Morgan fingerprint density at radius 3 is 2.53 bits per heavy atom. The first kappa shape index (κ1) is 14.1. The summed E-state index contributed by atoms with van der Waals surface area (Å²) >= 11 is 0. The molecule has 1 heterocycles. The van der Waals surface area contributed by atoms with Gasteiger partial charge in [0, 0.05) is 18.5 Å². The van der Waals surface area contributed by atoms with Crippen LogP contribution in [0, 0.1) is 5.92 Å². The largest absolute Gasteiger partial charge is 0.394 e. The maximum atomic E-state index is 9.40. The van der Waals surface area contributed by atoms with Crippen molar-refractivity contribution in [2.45, 2.75) is 45.6 Å². The molecule has 1 aliphatic rings. The highest BCUT2D eigenvalue weighted by atomic mass is 16.3. The predicted molar refractivity (Wildman–Crippen MR) is 77.5 cm³/mol. The van der Waals surface area contributed by atoms with Crippen molar-refractivity contribution in [2.24, 2.45) is 5.92 Å². The lowest BCUT2D eigenvalue weighted by Crippen LogP contribution is -2.30. The summed E-state index contributed by atoms with van der Waals surface area (Å²) in [5.74, 6) is 3.46. The Labute approximate surface area is 114 Å². The van der Waals surface area contributed by atoms with Crippen molar-refractivity contribution in [1.29, 1.82) is 0 Å². The van der Waals surface area contributed by atoms with E-state index in [2.05, 4.69) is 41.4 Å². The fourth-order valence-corrected chi connectivity index (χ4v) is 1.95. The molecule has 19 heavy (non-hydrogen) atoms. The van der Waals surface area contributed by atoms with Crippen LogP contribution in [0.3, 0.4) is 0 Å². The zero-order valence-corrected chi connectivity index (χ0v) is 12.0. The highest BCUT2D eigenvalue weighted by molar-refractivity contribution is 5.48. The van der Waals surface area contributed by atoms with Crippen LogP contribution in [0.1, 0.15) is 45.4 Å². The summed E-state index contributed by atoms with van der Waals surface area (Å²) < 4.78 is 0. The van der Waals surface area contributed by atoms with Gasteiger partial charge in [-0.3, -0.25) is 0 Å². The molecule has 1 aromatic heterocycles. The van der Waals surface area contributed by atoms with E-state index in [4.69, 9.17) is 0 Å². The zero-order valence-electron chi connectivity index (χ0n) is 12.0. The fraction of sp³-hybridized carbons (Fsp3) is 0.714. The molecule has 106 valence electrons. The lowest BCUT2D eigenvalue weighted by Gasteiger charge is -2.21. The molecular formula is C14H24N4O. The molecule has 0 unspecified atom stereocenters. The van der Waals surface area contributed by atoms with Crippen molar-refractivity contribution < 1.29 is 5.11 Å². The maximum Gasteiger partial charge on any atom is 0.136 e. The van der Waals surface area contributed by atoms with Crippen molar-refractivity contribution in [3.63, 3.8) is 0 Å². The monoisotopic (exact) mass is 264 g/mol. The third kappa shape index (κ3) is 3.80. The van der Waals surface area contributed by atoms with Crippen LogP contribution in [0.4, 0.5) is 11.6 Å². The number of aromatic nitrogens is 2. The number of hydrogen-bond acceptors (Lipinski definition) is 5. The molecule has 1 saturated carbocycles. The van der Waals surface area contributed by atoms with Crippen LogP contribution in [0.5, 0.6) is 0 Å². The molecule has 1 aromatic rings. The van der Waals surface area contributed by atoms with E-state index in [1.54, 1.807) is 0 Å². The molecule has 0 aliphatic heterocycles. The molecule has 5 heteroatoms. The average Bonchev–Trinajstić information content (AvgIpc) is 3.20. The minimum atomic E-state index is 0.0245. The standard InChI is InChI=1S/C14H24N4O/c1-4-15-12-7-13(16-11(8-19)9(2)3)18-14(17-12)10-5-6-10/h7,9-11,19H,4-6,8H2,1-3H3,(H2,15,16,17,18)/t11-/m1/s1. The summed E-state index contributed by atoms with van der Waals surface area (Å²) in [5, 5.41) is 15.9. The van der Waals surface area contributed by atoms with Gasteiger partial charge in [0.25, 0.3) is 0 Å². The molecule has 0 amide bonds. The number of nitrogens with one attached hydrogen (secondary N) is 2. The quantitative estimate of drug-likeness (QED) is 0.704.